The highest BCUT2D eigenvalue weighted by Gasteiger charge is 2.18. The topological polar surface area (TPSA) is 91.2 Å². The summed E-state index contributed by atoms with van der Waals surface area (Å²) < 4.78 is 5.41. The van der Waals surface area contributed by atoms with Crippen molar-refractivity contribution in [1.29, 1.82) is 5.26 Å². The second-order valence-electron chi connectivity index (χ2n) is 5.40. The summed E-state index contributed by atoms with van der Waals surface area (Å²) in [6, 6.07) is 16.1. The van der Waals surface area contributed by atoms with Gasteiger partial charge < -0.3 is 15.4 Å². The number of nitrogens with one attached hydrogen (secondary N) is 2. The van der Waals surface area contributed by atoms with Crippen molar-refractivity contribution < 1.29 is 14.3 Å². The molecule has 2 N–H and O–H groups in total. The van der Waals surface area contributed by atoms with Crippen LogP contribution in [0.3, 0.4) is 0 Å². The zero-order valence-electron chi connectivity index (χ0n) is 14.1. The molecule has 0 aliphatic rings. The number of rotatable bonds is 5. The maximum atomic E-state index is 12.0. The lowest BCUT2D eigenvalue weighted by atomic mass is 10.0. The Bertz CT molecular complexity index is 812. The molecule has 0 radical (unpaired) electrons. The molecule has 128 valence electrons. The number of amides is 2. The third kappa shape index (κ3) is 4.66. The maximum Gasteiger partial charge on any atom is 0.313 e. The van der Waals surface area contributed by atoms with Crippen LogP contribution in [0.2, 0.25) is 0 Å². The number of carbonyl (C=O) groups excluding carboxylic acids is 2. The third-order valence-corrected chi connectivity index (χ3v) is 3.77. The molecule has 6 nitrogen and oxygen atoms in total. The Morgan fingerprint density at radius 2 is 1.80 bits per heavy atom. The van der Waals surface area contributed by atoms with Crippen LogP contribution in [0.4, 0.5) is 5.69 Å². The molecule has 2 aromatic rings. The Labute approximate surface area is 146 Å². The van der Waals surface area contributed by atoms with Gasteiger partial charge in [0, 0.05) is 13.7 Å². The molecule has 2 aromatic carbocycles. The standard InChI is InChI=1S/C19H19N3O3/c1-13-7-3-5-9-15(13)17(25-2)12-21-18(23)19(24)22-16-10-6-4-8-14(16)11-20/h3-10,17H,12H2,1-2H3,(H,21,23)(H,22,24). The van der Waals surface area contributed by atoms with E-state index in [4.69, 9.17) is 10.00 Å². The van der Waals surface area contributed by atoms with Crippen LogP contribution in [0.25, 0.3) is 0 Å². The molecule has 6 heteroatoms. The molecule has 0 heterocycles. The first-order valence-electron chi connectivity index (χ1n) is 7.73. The van der Waals surface area contributed by atoms with E-state index in [0.29, 0.717) is 11.3 Å². The van der Waals surface area contributed by atoms with Crippen molar-refractivity contribution in [2.75, 3.05) is 19.0 Å². The number of methoxy groups -OCH3 is 1. The molecular weight excluding hydrogens is 318 g/mol. The minimum absolute atomic E-state index is 0.160. The predicted molar refractivity (Wildman–Crippen MR) is 93.7 cm³/mol. The average Bonchev–Trinajstić information content (AvgIpc) is 2.63. The summed E-state index contributed by atoms with van der Waals surface area (Å²) in [5, 5.41) is 14.0. The lowest BCUT2D eigenvalue weighted by Crippen LogP contribution is -2.38. The minimum atomic E-state index is -0.831. The molecule has 25 heavy (non-hydrogen) atoms. The van der Waals surface area contributed by atoms with E-state index in [1.54, 1.807) is 31.4 Å². The van der Waals surface area contributed by atoms with E-state index < -0.39 is 11.8 Å². The van der Waals surface area contributed by atoms with Gasteiger partial charge in [0.15, 0.2) is 0 Å². The van der Waals surface area contributed by atoms with Gasteiger partial charge in [-0.15, -0.1) is 0 Å². The van der Waals surface area contributed by atoms with Gasteiger partial charge in [-0.05, 0) is 30.2 Å². The number of hydrogen-bond donors (Lipinski definition) is 2. The van der Waals surface area contributed by atoms with Crippen molar-refractivity contribution in [2.45, 2.75) is 13.0 Å². The van der Waals surface area contributed by atoms with Gasteiger partial charge in [0.05, 0.1) is 17.4 Å². The third-order valence-electron chi connectivity index (χ3n) is 3.77. The Balaban J connectivity index is 1.98. The highest BCUT2D eigenvalue weighted by molar-refractivity contribution is 6.39. The first-order chi connectivity index (χ1) is 12.1. The number of nitriles is 1. The van der Waals surface area contributed by atoms with Crippen LogP contribution >= 0.6 is 0 Å². The number of ether oxygens (including phenoxy) is 1. The quantitative estimate of drug-likeness (QED) is 0.819. The fourth-order valence-electron chi connectivity index (χ4n) is 2.40. The minimum Gasteiger partial charge on any atom is -0.375 e. The zero-order valence-corrected chi connectivity index (χ0v) is 14.1. The first-order valence-corrected chi connectivity index (χ1v) is 7.73. The second kappa shape index (κ2) is 8.62. The summed E-state index contributed by atoms with van der Waals surface area (Å²) in [6.45, 7) is 2.11. The van der Waals surface area contributed by atoms with Crippen molar-refractivity contribution in [3.8, 4) is 6.07 Å². The molecule has 0 fully saturated rings. The number of nitrogens with zero attached hydrogens (tertiary/aromatic N) is 1. The average molecular weight is 337 g/mol. The highest BCUT2D eigenvalue weighted by Crippen LogP contribution is 2.19. The summed E-state index contributed by atoms with van der Waals surface area (Å²) in [4.78, 5) is 24.0. The van der Waals surface area contributed by atoms with Gasteiger partial charge in [-0.2, -0.15) is 5.26 Å². The highest BCUT2D eigenvalue weighted by atomic mass is 16.5. The smallest absolute Gasteiger partial charge is 0.313 e. The fourth-order valence-corrected chi connectivity index (χ4v) is 2.40. The number of aryl methyl sites for hydroxylation is 1. The van der Waals surface area contributed by atoms with E-state index in [-0.39, 0.29) is 12.6 Å². The van der Waals surface area contributed by atoms with Crippen molar-refractivity contribution in [1.82, 2.24) is 5.32 Å². The van der Waals surface area contributed by atoms with Crippen molar-refractivity contribution >= 4 is 17.5 Å². The molecule has 0 aliphatic heterocycles. The van der Waals surface area contributed by atoms with E-state index in [1.807, 2.05) is 37.3 Å². The first kappa shape index (κ1) is 18.2. The van der Waals surface area contributed by atoms with Crippen LogP contribution in [0.5, 0.6) is 0 Å². The van der Waals surface area contributed by atoms with E-state index >= 15 is 0 Å². The van der Waals surface area contributed by atoms with Gasteiger partial charge in [0.25, 0.3) is 0 Å². The second-order valence-corrected chi connectivity index (χ2v) is 5.40. The predicted octanol–water partition coefficient (Wildman–Crippen LogP) is 2.31. The largest absolute Gasteiger partial charge is 0.375 e. The summed E-state index contributed by atoms with van der Waals surface area (Å²) in [5.41, 5.74) is 2.57. The monoisotopic (exact) mass is 337 g/mol. The Kier molecular flexibility index (Phi) is 6.26. The van der Waals surface area contributed by atoms with Crippen LogP contribution in [0.1, 0.15) is 22.8 Å². The number of anilines is 1. The fraction of sp³-hybridized carbons (Fsp3) is 0.211. The van der Waals surface area contributed by atoms with Crippen molar-refractivity contribution in [3.63, 3.8) is 0 Å². The molecular formula is C19H19N3O3. The summed E-state index contributed by atoms with van der Waals surface area (Å²) in [5.74, 6) is -1.62. The van der Waals surface area contributed by atoms with E-state index in [2.05, 4.69) is 10.6 Å². The lowest BCUT2D eigenvalue weighted by molar-refractivity contribution is -0.136. The van der Waals surface area contributed by atoms with Gasteiger partial charge in [-0.25, -0.2) is 0 Å². The molecule has 0 bridgehead atoms. The Morgan fingerprint density at radius 3 is 2.48 bits per heavy atom. The summed E-state index contributed by atoms with van der Waals surface area (Å²) in [7, 11) is 1.55. The van der Waals surface area contributed by atoms with Crippen LogP contribution < -0.4 is 10.6 Å². The molecule has 0 spiro atoms. The number of benzene rings is 2. The number of hydrogen-bond acceptors (Lipinski definition) is 4. The van der Waals surface area contributed by atoms with E-state index in [0.717, 1.165) is 11.1 Å². The summed E-state index contributed by atoms with van der Waals surface area (Å²) >= 11 is 0. The number of carbonyl (C=O) groups is 2. The molecule has 0 aromatic heterocycles. The normalized spacial score (nSPS) is 11.2. The van der Waals surface area contributed by atoms with E-state index in [9.17, 15) is 9.59 Å². The van der Waals surface area contributed by atoms with Gasteiger partial charge in [0.2, 0.25) is 0 Å². The van der Waals surface area contributed by atoms with Gasteiger partial charge >= 0.3 is 11.8 Å². The van der Waals surface area contributed by atoms with Crippen LogP contribution in [0, 0.1) is 18.3 Å². The maximum absolute atomic E-state index is 12.0. The molecule has 0 aliphatic carbocycles. The summed E-state index contributed by atoms with van der Waals surface area (Å²) in [6.07, 6.45) is -0.357. The number of para-hydroxylation sites is 1. The van der Waals surface area contributed by atoms with Crippen LogP contribution in [-0.4, -0.2) is 25.5 Å². The van der Waals surface area contributed by atoms with Gasteiger partial charge in [-0.3, -0.25) is 9.59 Å². The zero-order chi connectivity index (χ0) is 18.2. The van der Waals surface area contributed by atoms with Crippen LogP contribution in [-0.2, 0) is 14.3 Å². The Morgan fingerprint density at radius 1 is 1.12 bits per heavy atom. The van der Waals surface area contributed by atoms with Crippen molar-refractivity contribution in [2.24, 2.45) is 0 Å². The molecule has 0 saturated heterocycles. The van der Waals surface area contributed by atoms with E-state index in [1.165, 1.54) is 0 Å². The van der Waals surface area contributed by atoms with Crippen LogP contribution in [0.15, 0.2) is 48.5 Å². The molecule has 1 unspecified atom stereocenters. The molecule has 2 amide bonds. The van der Waals surface area contributed by atoms with Gasteiger partial charge in [-0.1, -0.05) is 36.4 Å². The van der Waals surface area contributed by atoms with Crippen molar-refractivity contribution in [3.05, 3.63) is 65.2 Å². The molecule has 1 atom stereocenters. The van der Waals surface area contributed by atoms with Gasteiger partial charge in [0.1, 0.15) is 6.07 Å². The SMILES string of the molecule is COC(CNC(=O)C(=O)Nc1ccccc1C#N)c1ccccc1C. The molecule has 0 saturated carbocycles. The Hall–Kier alpha value is -3.17. The molecule has 2 rings (SSSR count). The lowest BCUT2D eigenvalue weighted by Gasteiger charge is -2.18.